The van der Waals surface area contributed by atoms with E-state index < -0.39 is 156 Å². The second kappa shape index (κ2) is 22.6. The number of nitrogens with zero attached hydrogens (tertiary/aromatic N) is 7. The van der Waals surface area contributed by atoms with Gasteiger partial charge >= 0.3 is 12.2 Å². The van der Waals surface area contributed by atoms with Crippen LogP contribution in [0.5, 0.6) is 5.88 Å². The molecule has 2 saturated heterocycles. The molecule has 4 unspecified atom stereocenters. The number of likely N-dealkylation sites (tertiary alicyclic amines) is 2. The predicted octanol–water partition coefficient (Wildman–Crippen LogP) is 5.58. The second-order valence-corrected chi connectivity index (χ2v) is 20.6. The number of hydrogen-bond donors (Lipinski definition) is 6. The number of carbonyl (C=O) groups is 11. The van der Waals surface area contributed by atoms with E-state index in [0.29, 0.717) is 39.9 Å². The highest BCUT2D eigenvalue weighted by atomic mass is 35.5. The fourth-order valence-electron chi connectivity index (χ4n) is 10.8. The number of halogens is 4. The number of alkyl halides is 3. The molecule has 28 heteroatoms. The highest BCUT2D eigenvalue weighted by molar-refractivity contribution is 6.38. The zero-order valence-electron chi connectivity index (χ0n) is 45.2. The van der Waals surface area contributed by atoms with Crippen molar-refractivity contribution in [3.63, 3.8) is 0 Å². The molecule has 8 aromatic rings. The molecule has 0 aliphatic carbocycles. The first kappa shape index (κ1) is 59.2. The number of nitrogen functional groups attached to an aromatic ring is 1. The SMILES string of the molecule is CN(C)C(=O)C1(C(=O)c2ccc(C(F)(F)F)nc2)N(C(=O)N2CCC2C(=O)c2[nH]c(C(=O)c3ccc(CN)cc3)c(C=O)c2C(=O)c2ccc(N)cc2)C(C(=O)c2c[nH]c(C(=O)c3ccc[nH]3)n2)C1(C(=O)c1ccc(O)nc1)C(=O)c1ccc(Cl)nc1. The molecule has 0 bridgehead atoms. The molecular weight excluding hydrogens is 1160 g/mol. The maximum atomic E-state index is 16.3. The van der Waals surface area contributed by atoms with E-state index in [1.807, 2.05) is 0 Å². The minimum absolute atomic E-state index is 0.0338. The molecule has 0 spiro atoms. The Balaban J connectivity index is 1.23. The van der Waals surface area contributed by atoms with Gasteiger partial charge in [0, 0.05) is 97.7 Å². The van der Waals surface area contributed by atoms with E-state index >= 15 is 33.6 Å². The number of benzene rings is 2. The third kappa shape index (κ3) is 9.72. The summed E-state index contributed by atoms with van der Waals surface area (Å²) >= 11 is 6.17. The van der Waals surface area contributed by atoms with Gasteiger partial charge in [0.1, 0.15) is 28.6 Å². The Kier molecular flexibility index (Phi) is 15.4. The van der Waals surface area contributed by atoms with Crippen molar-refractivity contribution in [2.45, 2.75) is 36.8 Å². The van der Waals surface area contributed by atoms with Crippen molar-refractivity contribution in [2.75, 3.05) is 26.4 Å². The Morgan fingerprint density at radius 2 is 1.36 bits per heavy atom. The third-order valence-corrected chi connectivity index (χ3v) is 15.3. The number of likely N-dealkylation sites (N-methyl/N-ethyl adjacent to an activating group) is 1. The highest BCUT2D eigenvalue weighted by Gasteiger charge is 2.87. The van der Waals surface area contributed by atoms with Crippen LogP contribution in [0.1, 0.15) is 128 Å². The molecular formula is C59H44ClF3N12O12. The first-order valence-electron chi connectivity index (χ1n) is 25.9. The van der Waals surface area contributed by atoms with Crippen molar-refractivity contribution in [2.24, 2.45) is 11.1 Å². The van der Waals surface area contributed by atoms with E-state index in [2.05, 4.69) is 34.9 Å². The van der Waals surface area contributed by atoms with Crippen LogP contribution in [0.4, 0.5) is 23.7 Å². The van der Waals surface area contributed by atoms with Crippen LogP contribution in [0.15, 0.2) is 128 Å². The molecule has 2 aromatic carbocycles. The summed E-state index contributed by atoms with van der Waals surface area (Å²) in [5.74, 6) is -13.5. The fraction of sp³-hybridized carbons (Fsp3) is 0.169. The number of carbonyl (C=O) groups excluding carboxylic acids is 11. The number of ketones is 8. The van der Waals surface area contributed by atoms with Gasteiger partial charge in [-0.05, 0) is 78.7 Å². The van der Waals surface area contributed by atoms with Crippen LogP contribution in [0, 0.1) is 5.41 Å². The number of aromatic amines is 3. The zero-order chi connectivity index (χ0) is 62.6. The molecule has 6 aromatic heterocycles. The minimum atomic E-state index is -5.14. The van der Waals surface area contributed by atoms with Crippen molar-refractivity contribution in [3.8, 4) is 5.88 Å². The Labute approximate surface area is 492 Å². The molecule has 4 atom stereocenters. The van der Waals surface area contributed by atoms with Gasteiger partial charge in [0.2, 0.25) is 40.3 Å². The largest absolute Gasteiger partial charge is 0.493 e. The molecule has 3 amide bonds. The van der Waals surface area contributed by atoms with Crippen LogP contribution in [0.25, 0.3) is 0 Å². The number of H-pyrrole nitrogens is 3. The quantitative estimate of drug-likeness (QED) is 0.0189. The molecule has 2 aliphatic heterocycles. The number of nitrogens with two attached hydrogens (primary N) is 2. The molecule has 24 nitrogen and oxygen atoms in total. The number of anilines is 1. The average Bonchev–Trinajstić information content (AvgIpc) is 0.855. The summed E-state index contributed by atoms with van der Waals surface area (Å²) in [6.45, 7) is -0.447. The van der Waals surface area contributed by atoms with Crippen LogP contribution in [0.2, 0.25) is 5.15 Å². The number of aldehydes is 1. The number of rotatable bonds is 19. The summed E-state index contributed by atoms with van der Waals surface area (Å²) in [7, 11) is 2.02. The average molecular weight is 1210 g/mol. The summed E-state index contributed by atoms with van der Waals surface area (Å²) in [6.07, 6.45) is -1.26. The predicted molar refractivity (Wildman–Crippen MR) is 297 cm³/mol. The molecule has 8 N–H and O–H groups in total. The monoisotopic (exact) mass is 1200 g/mol. The summed E-state index contributed by atoms with van der Waals surface area (Å²) in [5, 5.41) is 10.1. The maximum Gasteiger partial charge on any atom is 0.433 e. The number of Topliss-reactive ketones (excluding diaryl/α,β-unsaturated/α-hetero) is 5. The van der Waals surface area contributed by atoms with E-state index in [4.69, 9.17) is 23.1 Å². The normalized spacial score (nSPS) is 18.0. The molecule has 440 valence electrons. The third-order valence-electron chi connectivity index (χ3n) is 15.1. The van der Waals surface area contributed by atoms with Crippen molar-refractivity contribution in [3.05, 3.63) is 212 Å². The Bertz CT molecular complexity index is 4110. The number of hydrogen-bond acceptors (Lipinski definition) is 18. The van der Waals surface area contributed by atoms with Crippen LogP contribution in [0.3, 0.4) is 0 Å². The van der Waals surface area contributed by atoms with Gasteiger partial charge in [-0.25, -0.2) is 19.7 Å². The van der Waals surface area contributed by atoms with E-state index in [1.54, 1.807) is 0 Å². The highest BCUT2D eigenvalue weighted by Crippen LogP contribution is 2.60. The summed E-state index contributed by atoms with van der Waals surface area (Å²) in [4.78, 5) is 193. The first-order chi connectivity index (χ1) is 41.4. The first-order valence-corrected chi connectivity index (χ1v) is 26.3. The van der Waals surface area contributed by atoms with Gasteiger partial charge in [0.25, 0.3) is 5.91 Å². The summed E-state index contributed by atoms with van der Waals surface area (Å²) in [6, 6.07) is 12.1. The van der Waals surface area contributed by atoms with E-state index in [0.717, 1.165) is 50.8 Å². The molecule has 0 saturated carbocycles. The fourth-order valence-corrected chi connectivity index (χ4v) is 10.9. The van der Waals surface area contributed by atoms with Crippen molar-refractivity contribution in [1.82, 2.24) is 49.6 Å². The van der Waals surface area contributed by atoms with Gasteiger partial charge in [-0.1, -0.05) is 35.9 Å². The van der Waals surface area contributed by atoms with Gasteiger partial charge < -0.3 is 41.3 Å². The number of aromatic nitrogens is 7. The van der Waals surface area contributed by atoms with Crippen LogP contribution >= 0.6 is 11.6 Å². The Hall–Kier alpha value is -10.9. The molecule has 87 heavy (non-hydrogen) atoms. The number of amides is 3. The Morgan fingerprint density at radius 3 is 1.90 bits per heavy atom. The maximum absolute atomic E-state index is 16.3. The Morgan fingerprint density at radius 1 is 0.747 bits per heavy atom. The van der Waals surface area contributed by atoms with E-state index in [9.17, 15) is 37.5 Å². The van der Waals surface area contributed by atoms with Crippen molar-refractivity contribution in [1.29, 1.82) is 0 Å². The minimum Gasteiger partial charge on any atom is -0.493 e. The second-order valence-electron chi connectivity index (χ2n) is 20.2. The molecule has 2 fully saturated rings. The number of imidazole rings is 1. The lowest BCUT2D eigenvalue weighted by Crippen LogP contribution is -2.93. The van der Waals surface area contributed by atoms with E-state index in [-0.39, 0.29) is 51.8 Å². The van der Waals surface area contributed by atoms with Gasteiger partial charge in [-0.15, -0.1) is 0 Å². The lowest BCUT2D eigenvalue weighted by atomic mass is 9.46. The van der Waals surface area contributed by atoms with Gasteiger partial charge in [-0.3, -0.25) is 57.8 Å². The smallest absolute Gasteiger partial charge is 0.433 e. The van der Waals surface area contributed by atoms with Crippen LogP contribution in [-0.4, -0.2) is 157 Å². The van der Waals surface area contributed by atoms with Gasteiger partial charge in [0.05, 0.1) is 28.2 Å². The molecule has 0 radical (unpaired) electrons. The molecule has 8 heterocycles. The zero-order valence-corrected chi connectivity index (χ0v) is 46.0. The lowest BCUT2D eigenvalue weighted by molar-refractivity contribution is -0.161. The van der Waals surface area contributed by atoms with Crippen LogP contribution in [-0.2, 0) is 17.5 Å². The van der Waals surface area contributed by atoms with Gasteiger partial charge in [-0.2, -0.15) is 13.2 Å². The number of pyridine rings is 3. The van der Waals surface area contributed by atoms with Gasteiger partial charge in [0.15, 0.2) is 34.9 Å². The van der Waals surface area contributed by atoms with Crippen molar-refractivity contribution >= 4 is 81.8 Å². The molecule has 2 aliphatic rings. The lowest BCUT2D eigenvalue weighted by Gasteiger charge is -2.66. The van der Waals surface area contributed by atoms with Crippen LogP contribution < -0.4 is 11.5 Å². The van der Waals surface area contributed by atoms with E-state index in [1.165, 1.54) is 66.9 Å². The topological polar surface area (TPSA) is 369 Å². The van der Waals surface area contributed by atoms with Crippen molar-refractivity contribution < 1.29 is 71.0 Å². The number of urea groups is 1. The number of nitrogens with one attached hydrogen (secondary N) is 3. The number of aromatic hydroxyl groups is 1. The summed E-state index contributed by atoms with van der Waals surface area (Å²) < 4.78 is 42.6. The molecule has 10 rings (SSSR count). The summed E-state index contributed by atoms with van der Waals surface area (Å²) in [5.41, 5.74) is -2.52. The standard InChI is InChI=1S/C59H44ClF3N12O12/c1-73(2)55(86)58(53(85)33-11-16-39(67-23-33)59(61,62)63)57(51(83)31-12-17-40(60)68-24-31,52(84)32-13-18-41(77)69-25-32)50(47(80)37-26-70-54(71-37)48(81)36-4-3-20-66-36)75(58)56(87)74-21-19-38(74)49(82)44-42(45(78)29-9-14-34(65)15-10-29)35(27-76)43(72-44)46(79)30-7-5-28(22-64)6-8-30/h3-18,20,23-27,38,50,66,72H,19,21-22,64-65H2,1-2H3,(H,69,77)(H,70,71).